The van der Waals surface area contributed by atoms with Crippen LogP contribution in [0.1, 0.15) is 54.1 Å². The van der Waals surface area contributed by atoms with E-state index in [9.17, 15) is 9.59 Å². The summed E-state index contributed by atoms with van der Waals surface area (Å²) in [6.45, 7) is 1.94. The number of H-pyrrole nitrogens is 2. The maximum atomic E-state index is 12.7. The molecule has 2 aromatic carbocycles. The van der Waals surface area contributed by atoms with Gasteiger partial charge in [0.15, 0.2) is 5.82 Å². The van der Waals surface area contributed by atoms with E-state index >= 15 is 0 Å². The van der Waals surface area contributed by atoms with E-state index < -0.39 is 0 Å². The van der Waals surface area contributed by atoms with Gasteiger partial charge in [-0.15, -0.1) is 0 Å². The number of aromatic amines is 2. The normalized spacial score (nSPS) is 15.4. The minimum Gasteiger partial charge on any atom is -0.343 e. The van der Waals surface area contributed by atoms with Gasteiger partial charge >= 0.3 is 0 Å². The fourth-order valence-corrected chi connectivity index (χ4v) is 3.89. The van der Waals surface area contributed by atoms with E-state index in [4.69, 9.17) is 0 Å². The van der Waals surface area contributed by atoms with E-state index in [1.54, 1.807) is 0 Å². The number of allylic oxidation sites excluding steroid dienone is 2. The number of fused-ring (bicyclic) bond motifs is 2. The zero-order valence-corrected chi connectivity index (χ0v) is 16.5. The van der Waals surface area contributed by atoms with Crippen LogP contribution in [0.2, 0.25) is 0 Å². The Morgan fingerprint density at radius 2 is 1.97 bits per heavy atom. The SMILES string of the molecule is C[C@@H](NC(=O)c1nc2cc3c(C4=CCC(=O)CC4)n[nH]c3cc2[nH]1)c1ccccc1. The number of Topliss-reactive ketones (excluding diaryl/α,β-unsaturated/α-hetero) is 1. The quantitative estimate of drug-likeness (QED) is 0.481. The van der Waals surface area contributed by atoms with Gasteiger partial charge in [0.05, 0.1) is 28.3 Å². The zero-order valence-electron chi connectivity index (χ0n) is 16.5. The lowest BCUT2D eigenvalue weighted by molar-refractivity contribution is -0.118. The molecule has 1 amide bonds. The number of amides is 1. The molecule has 4 aromatic rings. The van der Waals surface area contributed by atoms with Crippen molar-refractivity contribution >= 4 is 39.2 Å². The van der Waals surface area contributed by atoms with Gasteiger partial charge in [0, 0.05) is 18.2 Å². The first-order valence-electron chi connectivity index (χ1n) is 10.0. The van der Waals surface area contributed by atoms with Crippen molar-refractivity contribution in [2.75, 3.05) is 0 Å². The van der Waals surface area contributed by atoms with Crippen LogP contribution in [0.15, 0.2) is 48.5 Å². The Hall–Kier alpha value is -3.74. The smallest absolute Gasteiger partial charge is 0.287 e. The molecule has 0 fully saturated rings. The van der Waals surface area contributed by atoms with Crippen molar-refractivity contribution in [2.45, 2.75) is 32.2 Å². The lowest BCUT2D eigenvalue weighted by atomic mass is 9.94. The van der Waals surface area contributed by atoms with Gasteiger partial charge in [0.25, 0.3) is 5.91 Å². The predicted octanol–water partition coefficient (Wildman–Crippen LogP) is 4.07. The number of carbonyl (C=O) groups excluding carboxylic acids is 2. The summed E-state index contributed by atoms with van der Waals surface area (Å²) in [5.74, 6) is 0.282. The first-order chi connectivity index (χ1) is 14.6. The fourth-order valence-electron chi connectivity index (χ4n) is 3.89. The van der Waals surface area contributed by atoms with Crippen LogP contribution < -0.4 is 5.32 Å². The van der Waals surface area contributed by atoms with Gasteiger partial charge in [-0.3, -0.25) is 14.7 Å². The second kappa shape index (κ2) is 7.26. The van der Waals surface area contributed by atoms with Crippen molar-refractivity contribution in [1.29, 1.82) is 0 Å². The summed E-state index contributed by atoms with van der Waals surface area (Å²) in [6.07, 6.45) is 3.66. The number of imidazole rings is 1. The van der Waals surface area contributed by atoms with Crippen LogP contribution >= 0.6 is 0 Å². The number of rotatable bonds is 4. The second-order valence-corrected chi connectivity index (χ2v) is 7.65. The summed E-state index contributed by atoms with van der Waals surface area (Å²) in [6, 6.07) is 13.5. The Morgan fingerprint density at radius 1 is 1.13 bits per heavy atom. The van der Waals surface area contributed by atoms with Crippen molar-refractivity contribution in [3.63, 3.8) is 0 Å². The van der Waals surface area contributed by atoms with Crippen LogP contribution in [0.4, 0.5) is 0 Å². The predicted molar refractivity (Wildman–Crippen MR) is 115 cm³/mol. The Labute approximate surface area is 172 Å². The molecule has 30 heavy (non-hydrogen) atoms. The van der Waals surface area contributed by atoms with Gasteiger partial charge in [-0.25, -0.2) is 4.98 Å². The van der Waals surface area contributed by atoms with E-state index in [1.807, 2.05) is 55.5 Å². The summed E-state index contributed by atoms with van der Waals surface area (Å²) in [4.78, 5) is 31.8. The highest BCUT2D eigenvalue weighted by atomic mass is 16.2. The molecule has 0 unspecified atom stereocenters. The first kappa shape index (κ1) is 18.3. The molecular formula is C23H21N5O2. The summed E-state index contributed by atoms with van der Waals surface area (Å²) < 4.78 is 0. The Morgan fingerprint density at radius 3 is 2.73 bits per heavy atom. The van der Waals surface area contributed by atoms with Crippen LogP contribution in [0, 0.1) is 0 Å². The highest BCUT2D eigenvalue weighted by Crippen LogP contribution is 2.31. The van der Waals surface area contributed by atoms with Crippen LogP contribution in [-0.4, -0.2) is 31.9 Å². The van der Waals surface area contributed by atoms with Crippen LogP contribution in [0.25, 0.3) is 27.5 Å². The maximum Gasteiger partial charge on any atom is 0.287 e. The van der Waals surface area contributed by atoms with Gasteiger partial charge in [-0.1, -0.05) is 36.4 Å². The summed E-state index contributed by atoms with van der Waals surface area (Å²) >= 11 is 0. The number of nitrogens with one attached hydrogen (secondary N) is 3. The zero-order chi connectivity index (χ0) is 20.7. The molecule has 0 aliphatic heterocycles. The van der Waals surface area contributed by atoms with Crippen molar-refractivity contribution in [3.05, 3.63) is 65.6 Å². The van der Waals surface area contributed by atoms with Crippen molar-refractivity contribution < 1.29 is 9.59 Å². The number of aromatic nitrogens is 4. The van der Waals surface area contributed by atoms with Crippen molar-refractivity contribution in [2.24, 2.45) is 0 Å². The molecule has 7 heteroatoms. The maximum absolute atomic E-state index is 12.7. The van der Waals surface area contributed by atoms with Crippen molar-refractivity contribution in [3.8, 4) is 0 Å². The molecule has 3 N–H and O–H groups in total. The molecule has 0 saturated carbocycles. The van der Waals surface area contributed by atoms with Gasteiger partial charge in [-0.2, -0.15) is 5.10 Å². The molecule has 0 bridgehead atoms. The molecule has 0 radical (unpaired) electrons. The third-order valence-corrected chi connectivity index (χ3v) is 5.58. The third kappa shape index (κ3) is 3.28. The molecule has 1 aliphatic rings. The minimum atomic E-state index is -0.252. The monoisotopic (exact) mass is 399 g/mol. The number of nitrogens with zero attached hydrogens (tertiary/aromatic N) is 2. The number of hydrogen-bond donors (Lipinski definition) is 3. The summed E-state index contributed by atoms with van der Waals surface area (Å²) in [5, 5.41) is 11.4. The molecule has 0 saturated heterocycles. The lowest BCUT2D eigenvalue weighted by Gasteiger charge is -2.12. The van der Waals surface area contributed by atoms with Crippen LogP contribution in [0.3, 0.4) is 0 Å². The Balaban J connectivity index is 1.45. The standard InChI is InChI=1S/C23H21N5O2/c1-13(14-5-3-2-4-6-14)24-23(30)22-25-19-11-17-18(12-20(19)26-22)27-28-21(17)15-7-9-16(29)10-8-15/h2-7,11-13H,8-10H2,1H3,(H,24,30)(H,25,26)(H,27,28)/t13-/m1/s1. The lowest BCUT2D eigenvalue weighted by Crippen LogP contribution is -2.27. The first-order valence-corrected chi connectivity index (χ1v) is 10.0. The average molecular weight is 399 g/mol. The molecular weight excluding hydrogens is 378 g/mol. The highest BCUT2D eigenvalue weighted by molar-refractivity contribution is 6.02. The van der Waals surface area contributed by atoms with Gasteiger partial charge in [0.1, 0.15) is 5.78 Å². The number of benzene rings is 2. The number of hydrogen-bond acceptors (Lipinski definition) is 4. The summed E-state index contributed by atoms with van der Waals surface area (Å²) in [7, 11) is 0. The van der Waals surface area contributed by atoms with Crippen LogP contribution in [0.5, 0.6) is 0 Å². The number of ketones is 1. The molecule has 5 rings (SSSR count). The van der Waals surface area contributed by atoms with E-state index in [2.05, 4.69) is 25.5 Å². The van der Waals surface area contributed by atoms with E-state index in [0.717, 1.165) is 33.3 Å². The van der Waals surface area contributed by atoms with E-state index in [1.165, 1.54) is 0 Å². The van der Waals surface area contributed by atoms with E-state index in [0.29, 0.717) is 24.8 Å². The fraction of sp³-hybridized carbons (Fsp3) is 0.217. The molecule has 2 heterocycles. The topological polar surface area (TPSA) is 104 Å². The minimum absolute atomic E-state index is 0.127. The van der Waals surface area contributed by atoms with Crippen LogP contribution in [-0.2, 0) is 4.79 Å². The molecule has 150 valence electrons. The molecule has 7 nitrogen and oxygen atoms in total. The Kier molecular flexibility index (Phi) is 4.43. The van der Waals surface area contributed by atoms with Gasteiger partial charge in [0.2, 0.25) is 0 Å². The van der Waals surface area contributed by atoms with Gasteiger partial charge in [-0.05, 0) is 36.6 Å². The molecule has 1 atom stereocenters. The molecule has 1 aliphatic carbocycles. The largest absolute Gasteiger partial charge is 0.343 e. The molecule has 2 aromatic heterocycles. The average Bonchev–Trinajstić information content (AvgIpc) is 3.37. The highest BCUT2D eigenvalue weighted by Gasteiger charge is 2.19. The number of carbonyl (C=O) groups is 2. The third-order valence-electron chi connectivity index (χ3n) is 5.58. The molecule has 0 spiro atoms. The summed E-state index contributed by atoms with van der Waals surface area (Å²) in [5.41, 5.74) is 5.29. The second-order valence-electron chi connectivity index (χ2n) is 7.65. The van der Waals surface area contributed by atoms with Gasteiger partial charge < -0.3 is 10.3 Å². The Bertz CT molecular complexity index is 1300. The van der Waals surface area contributed by atoms with Crippen molar-refractivity contribution in [1.82, 2.24) is 25.5 Å². The van der Waals surface area contributed by atoms with E-state index in [-0.39, 0.29) is 23.6 Å².